The molecule has 1 aromatic rings. The van der Waals surface area contributed by atoms with Gasteiger partial charge in [-0.25, -0.2) is 0 Å². The second-order valence-electron chi connectivity index (χ2n) is 5.17. The summed E-state index contributed by atoms with van der Waals surface area (Å²) in [5, 5.41) is 6.88. The molecule has 1 heterocycles. The Morgan fingerprint density at radius 1 is 1.37 bits per heavy atom. The zero-order chi connectivity index (χ0) is 13.5. The highest BCUT2D eigenvalue weighted by atomic mass is 16.5. The summed E-state index contributed by atoms with van der Waals surface area (Å²) in [5.41, 5.74) is 1.27. The fourth-order valence-electron chi connectivity index (χ4n) is 2.10. The molecular weight excluding hydrogens is 240 g/mol. The first-order valence-corrected chi connectivity index (χ1v) is 7.01. The van der Waals surface area contributed by atoms with E-state index in [-0.39, 0.29) is 6.10 Å². The lowest BCUT2D eigenvalue weighted by atomic mass is 10.2. The quantitative estimate of drug-likeness (QED) is 0.818. The van der Waals surface area contributed by atoms with E-state index in [4.69, 9.17) is 9.47 Å². The molecule has 0 spiro atoms. The summed E-state index contributed by atoms with van der Waals surface area (Å²) in [7, 11) is 0. The van der Waals surface area contributed by atoms with Gasteiger partial charge in [0.2, 0.25) is 0 Å². The lowest BCUT2D eigenvalue weighted by Crippen LogP contribution is -2.47. The number of hydrogen-bond acceptors (Lipinski definition) is 4. The largest absolute Gasteiger partial charge is 0.491 e. The van der Waals surface area contributed by atoms with Gasteiger partial charge in [0.15, 0.2) is 0 Å². The third-order valence-corrected chi connectivity index (χ3v) is 3.01. The van der Waals surface area contributed by atoms with Crippen LogP contribution in [0.25, 0.3) is 0 Å². The number of nitrogens with one attached hydrogen (secondary N) is 2. The topological polar surface area (TPSA) is 42.5 Å². The Labute approximate surface area is 115 Å². The lowest BCUT2D eigenvalue weighted by Gasteiger charge is -2.24. The van der Waals surface area contributed by atoms with Crippen LogP contribution in [-0.2, 0) is 11.3 Å². The molecule has 0 bridgehead atoms. The highest BCUT2D eigenvalue weighted by Gasteiger charge is 2.11. The third kappa shape index (κ3) is 5.19. The summed E-state index contributed by atoms with van der Waals surface area (Å²) < 4.78 is 11.0. The van der Waals surface area contributed by atoms with Gasteiger partial charge in [-0.2, -0.15) is 0 Å². The van der Waals surface area contributed by atoms with Crippen LogP contribution in [0.15, 0.2) is 24.3 Å². The molecule has 0 amide bonds. The maximum absolute atomic E-state index is 5.62. The van der Waals surface area contributed by atoms with Gasteiger partial charge >= 0.3 is 0 Å². The molecule has 4 nitrogen and oxygen atoms in total. The molecule has 1 atom stereocenters. The van der Waals surface area contributed by atoms with Crippen molar-refractivity contribution in [1.82, 2.24) is 10.6 Å². The molecule has 19 heavy (non-hydrogen) atoms. The Hall–Kier alpha value is -1.10. The Morgan fingerprint density at radius 3 is 2.79 bits per heavy atom. The van der Waals surface area contributed by atoms with Crippen LogP contribution in [0.1, 0.15) is 19.4 Å². The Balaban J connectivity index is 1.70. The molecule has 2 N–H and O–H groups in total. The average Bonchev–Trinajstić information content (AvgIpc) is 2.41. The van der Waals surface area contributed by atoms with Gasteiger partial charge in [-0.1, -0.05) is 12.1 Å². The van der Waals surface area contributed by atoms with E-state index in [1.54, 1.807) is 0 Å². The van der Waals surface area contributed by atoms with Crippen molar-refractivity contribution in [3.05, 3.63) is 29.8 Å². The van der Waals surface area contributed by atoms with Gasteiger partial charge in [-0.15, -0.1) is 0 Å². The molecular formula is C15H24N2O2. The molecule has 106 valence electrons. The van der Waals surface area contributed by atoms with Crippen LogP contribution in [-0.4, -0.2) is 38.4 Å². The van der Waals surface area contributed by atoms with Gasteiger partial charge in [0.05, 0.1) is 19.3 Å². The first-order chi connectivity index (χ1) is 9.24. The standard InChI is InChI=1S/C15H24N2O2/c1-12(2)19-15-5-3-13(4-6-15)9-16-10-14-11-18-8-7-17-14/h3-6,12,14,16-17H,7-11H2,1-2H3. The minimum Gasteiger partial charge on any atom is -0.491 e. The highest BCUT2D eigenvalue weighted by Crippen LogP contribution is 2.13. The van der Waals surface area contributed by atoms with E-state index in [2.05, 4.69) is 22.8 Å². The van der Waals surface area contributed by atoms with Gasteiger partial charge < -0.3 is 20.1 Å². The van der Waals surface area contributed by atoms with Crippen molar-refractivity contribution in [3.8, 4) is 5.75 Å². The Kier molecular flexibility index (Phi) is 5.63. The SMILES string of the molecule is CC(C)Oc1ccc(CNCC2COCCN2)cc1. The lowest BCUT2D eigenvalue weighted by molar-refractivity contribution is 0.0766. The van der Waals surface area contributed by atoms with Crippen molar-refractivity contribution in [2.24, 2.45) is 0 Å². The summed E-state index contributed by atoms with van der Waals surface area (Å²) in [6.45, 7) is 8.46. The van der Waals surface area contributed by atoms with Crippen LogP contribution in [0.4, 0.5) is 0 Å². The van der Waals surface area contributed by atoms with Crippen LogP contribution in [0, 0.1) is 0 Å². The van der Waals surface area contributed by atoms with Crippen molar-refractivity contribution < 1.29 is 9.47 Å². The fraction of sp³-hybridized carbons (Fsp3) is 0.600. The molecule has 1 unspecified atom stereocenters. The van der Waals surface area contributed by atoms with E-state index in [0.29, 0.717) is 6.04 Å². The molecule has 1 saturated heterocycles. The van der Waals surface area contributed by atoms with Crippen molar-refractivity contribution in [1.29, 1.82) is 0 Å². The van der Waals surface area contributed by atoms with E-state index >= 15 is 0 Å². The van der Waals surface area contributed by atoms with Crippen LogP contribution >= 0.6 is 0 Å². The van der Waals surface area contributed by atoms with Gasteiger partial charge in [0.1, 0.15) is 5.75 Å². The normalized spacial score (nSPS) is 19.6. The Bertz CT molecular complexity index is 359. The zero-order valence-electron chi connectivity index (χ0n) is 11.8. The summed E-state index contributed by atoms with van der Waals surface area (Å²) in [4.78, 5) is 0. The highest BCUT2D eigenvalue weighted by molar-refractivity contribution is 5.27. The first kappa shape index (κ1) is 14.3. The fourth-order valence-corrected chi connectivity index (χ4v) is 2.10. The summed E-state index contributed by atoms with van der Waals surface area (Å²) in [6.07, 6.45) is 0.223. The van der Waals surface area contributed by atoms with Crippen LogP contribution in [0.5, 0.6) is 5.75 Å². The van der Waals surface area contributed by atoms with Gasteiger partial charge in [-0.3, -0.25) is 0 Å². The monoisotopic (exact) mass is 264 g/mol. The van der Waals surface area contributed by atoms with Crippen molar-refractivity contribution in [2.45, 2.75) is 32.5 Å². The van der Waals surface area contributed by atoms with Crippen molar-refractivity contribution >= 4 is 0 Å². The van der Waals surface area contributed by atoms with E-state index in [1.807, 2.05) is 26.0 Å². The zero-order valence-corrected chi connectivity index (χ0v) is 11.8. The molecule has 0 aliphatic carbocycles. The Morgan fingerprint density at radius 2 is 2.16 bits per heavy atom. The molecule has 1 aromatic carbocycles. The maximum Gasteiger partial charge on any atom is 0.119 e. The minimum absolute atomic E-state index is 0.223. The molecule has 2 rings (SSSR count). The molecule has 4 heteroatoms. The second-order valence-corrected chi connectivity index (χ2v) is 5.17. The molecule has 1 aliphatic rings. The third-order valence-electron chi connectivity index (χ3n) is 3.01. The van der Waals surface area contributed by atoms with Crippen molar-refractivity contribution in [3.63, 3.8) is 0 Å². The maximum atomic E-state index is 5.62. The summed E-state index contributed by atoms with van der Waals surface area (Å²) in [6, 6.07) is 8.69. The summed E-state index contributed by atoms with van der Waals surface area (Å²) in [5.74, 6) is 0.932. The van der Waals surface area contributed by atoms with Gasteiger partial charge in [0.25, 0.3) is 0 Å². The van der Waals surface area contributed by atoms with E-state index < -0.39 is 0 Å². The average molecular weight is 264 g/mol. The molecule has 0 radical (unpaired) electrons. The minimum atomic E-state index is 0.223. The second kappa shape index (κ2) is 7.48. The van der Waals surface area contributed by atoms with E-state index in [1.165, 1.54) is 5.56 Å². The molecule has 0 saturated carbocycles. The summed E-state index contributed by atoms with van der Waals surface area (Å²) >= 11 is 0. The smallest absolute Gasteiger partial charge is 0.119 e. The predicted octanol–water partition coefficient (Wildman–Crippen LogP) is 1.55. The van der Waals surface area contributed by atoms with Crippen LogP contribution < -0.4 is 15.4 Å². The number of rotatable bonds is 6. The van der Waals surface area contributed by atoms with E-state index in [0.717, 1.165) is 38.6 Å². The van der Waals surface area contributed by atoms with Gasteiger partial charge in [0, 0.05) is 25.7 Å². The first-order valence-electron chi connectivity index (χ1n) is 7.01. The predicted molar refractivity (Wildman–Crippen MR) is 76.5 cm³/mol. The molecule has 0 aromatic heterocycles. The number of morpholine rings is 1. The van der Waals surface area contributed by atoms with Crippen molar-refractivity contribution in [2.75, 3.05) is 26.3 Å². The van der Waals surface area contributed by atoms with E-state index in [9.17, 15) is 0 Å². The number of benzene rings is 1. The molecule has 1 fully saturated rings. The van der Waals surface area contributed by atoms with Crippen LogP contribution in [0.2, 0.25) is 0 Å². The molecule has 1 aliphatic heterocycles. The number of hydrogen-bond donors (Lipinski definition) is 2. The van der Waals surface area contributed by atoms with Crippen LogP contribution in [0.3, 0.4) is 0 Å². The number of ether oxygens (including phenoxy) is 2. The van der Waals surface area contributed by atoms with Gasteiger partial charge in [-0.05, 0) is 31.5 Å².